The first-order valence-corrected chi connectivity index (χ1v) is 6.95. The van der Waals surface area contributed by atoms with Gasteiger partial charge in [0, 0.05) is 16.6 Å². The second-order valence-corrected chi connectivity index (χ2v) is 4.58. The predicted molar refractivity (Wildman–Crippen MR) is 86.3 cm³/mol. The smallest absolute Gasteiger partial charge is 0.238 e. The van der Waals surface area contributed by atoms with E-state index in [1.807, 2.05) is 13.8 Å². The molecule has 2 N–H and O–H groups in total. The van der Waals surface area contributed by atoms with Crippen LogP contribution in [0.3, 0.4) is 0 Å². The summed E-state index contributed by atoms with van der Waals surface area (Å²) in [5.74, 6) is 1.16. The fourth-order valence-electron chi connectivity index (χ4n) is 1.52. The number of nitrogens with one attached hydrogen (secondary N) is 2. The number of likely N-dealkylation sites (N-methyl/N-ethyl adjacent to an activating group) is 1. The molecule has 0 heterocycles. The highest BCUT2D eigenvalue weighted by atomic mass is 79.9. The molecule has 1 amide bonds. The number of hydrogen-bond donors (Lipinski definition) is 2. The molecule has 0 spiro atoms. The van der Waals surface area contributed by atoms with Gasteiger partial charge < -0.3 is 20.1 Å². The number of carbonyl (C=O) groups excluding carboxylic acids is 1. The lowest BCUT2D eigenvalue weighted by atomic mass is 10.2. The van der Waals surface area contributed by atoms with Crippen molar-refractivity contribution < 1.29 is 14.3 Å². The zero-order valence-corrected chi connectivity index (χ0v) is 14.2. The summed E-state index contributed by atoms with van der Waals surface area (Å²) in [6.07, 6.45) is 0. The van der Waals surface area contributed by atoms with Gasteiger partial charge in [-0.05, 0) is 36.8 Å². The van der Waals surface area contributed by atoms with Crippen molar-refractivity contribution in [1.29, 1.82) is 0 Å². The van der Waals surface area contributed by atoms with Gasteiger partial charge in [0.05, 0.1) is 25.4 Å². The van der Waals surface area contributed by atoms with Crippen LogP contribution < -0.4 is 20.1 Å². The minimum atomic E-state index is -0.116. The Morgan fingerprint density at radius 2 is 1.75 bits per heavy atom. The fraction of sp³-hybridized carbons (Fsp3) is 0.462. The van der Waals surface area contributed by atoms with E-state index in [-0.39, 0.29) is 24.9 Å². The van der Waals surface area contributed by atoms with E-state index in [0.29, 0.717) is 30.4 Å². The highest BCUT2D eigenvalue weighted by Crippen LogP contribution is 2.36. The molecule has 114 valence electrons. The van der Waals surface area contributed by atoms with Gasteiger partial charge in [0.2, 0.25) is 5.91 Å². The summed E-state index contributed by atoms with van der Waals surface area (Å²) in [5.41, 5.74) is 0.659. The molecule has 0 saturated carbocycles. The third-order valence-corrected chi connectivity index (χ3v) is 2.90. The van der Waals surface area contributed by atoms with Crippen molar-refractivity contribution in [3.63, 3.8) is 0 Å². The monoisotopic (exact) mass is 366 g/mol. The maximum absolute atomic E-state index is 11.6. The predicted octanol–water partition coefficient (Wildman–Crippen LogP) is 2.83. The highest BCUT2D eigenvalue weighted by molar-refractivity contribution is 9.10. The maximum atomic E-state index is 11.6. The fourth-order valence-corrected chi connectivity index (χ4v) is 1.94. The van der Waals surface area contributed by atoms with Crippen LogP contribution >= 0.6 is 28.3 Å². The summed E-state index contributed by atoms with van der Waals surface area (Å²) in [5, 5.41) is 5.59. The van der Waals surface area contributed by atoms with Crippen LogP contribution in [0.4, 0.5) is 5.69 Å². The van der Waals surface area contributed by atoms with Crippen LogP contribution in [0.5, 0.6) is 11.5 Å². The zero-order valence-electron chi connectivity index (χ0n) is 11.8. The van der Waals surface area contributed by atoms with E-state index in [9.17, 15) is 4.79 Å². The van der Waals surface area contributed by atoms with E-state index >= 15 is 0 Å². The van der Waals surface area contributed by atoms with Gasteiger partial charge in [-0.15, -0.1) is 12.4 Å². The van der Waals surface area contributed by atoms with Crippen LogP contribution in [-0.4, -0.2) is 32.7 Å². The van der Waals surface area contributed by atoms with Crippen LogP contribution in [0.1, 0.15) is 13.8 Å². The second-order valence-electron chi connectivity index (χ2n) is 3.72. The molecule has 0 aliphatic carbocycles. The third-order valence-electron chi connectivity index (χ3n) is 2.24. The molecule has 0 unspecified atom stereocenters. The number of ether oxygens (including phenoxy) is 2. The Balaban J connectivity index is 0.00000361. The lowest BCUT2D eigenvalue weighted by molar-refractivity contribution is -0.115. The molecule has 1 aromatic carbocycles. The van der Waals surface area contributed by atoms with Crippen molar-refractivity contribution in [2.75, 3.05) is 32.1 Å². The van der Waals surface area contributed by atoms with Crippen LogP contribution in [-0.2, 0) is 4.79 Å². The standard InChI is InChI=1S/C13H19BrN2O3.ClH/c1-4-18-11-6-9(14)10(7-12(11)19-5-2)16-13(17)8-15-3;/h6-7,15H,4-5,8H2,1-3H3,(H,16,17);1H. The Labute approximate surface area is 133 Å². The number of rotatable bonds is 7. The van der Waals surface area contributed by atoms with Crippen molar-refractivity contribution in [2.45, 2.75) is 13.8 Å². The Kier molecular flexibility index (Phi) is 9.37. The number of amides is 1. The van der Waals surface area contributed by atoms with E-state index < -0.39 is 0 Å². The molecule has 0 aromatic heterocycles. The van der Waals surface area contributed by atoms with Gasteiger partial charge in [-0.1, -0.05) is 0 Å². The van der Waals surface area contributed by atoms with Crippen LogP contribution in [0.25, 0.3) is 0 Å². The summed E-state index contributed by atoms with van der Waals surface area (Å²) in [6, 6.07) is 3.55. The van der Waals surface area contributed by atoms with Crippen LogP contribution in [0.2, 0.25) is 0 Å². The topological polar surface area (TPSA) is 59.6 Å². The highest BCUT2D eigenvalue weighted by Gasteiger charge is 2.12. The van der Waals surface area contributed by atoms with E-state index in [1.165, 1.54) is 0 Å². The number of carbonyl (C=O) groups is 1. The lowest BCUT2D eigenvalue weighted by Crippen LogP contribution is -2.25. The van der Waals surface area contributed by atoms with Crippen LogP contribution in [0.15, 0.2) is 16.6 Å². The largest absolute Gasteiger partial charge is 0.490 e. The molecule has 0 bridgehead atoms. The summed E-state index contributed by atoms with van der Waals surface area (Å²) in [4.78, 5) is 11.6. The number of halogens is 2. The van der Waals surface area contributed by atoms with Crippen molar-refractivity contribution in [3.05, 3.63) is 16.6 Å². The van der Waals surface area contributed by atoms with Crippen molar-refractivity contribution in [3.8, 4) is 11.5 Å². The Hall–Kier alpha value is -0.980. The van der Waals surface area contributed by atoms with Crippen molar-refractivity contribution in [2.24, 2.45) is 0 Å². The van der Waals surface area contributed by atoms with Crippen molar-refractivity contribution >= 4 is 39.9 Å². The molecule has 1 aromatic rings. The molecule has 1 rings (SSSR count). The quantitative estimate of drug-likeness (QED) is 0.778. The van der Waals surface area contributed by atoms with Crippen molar-refractivity contribution in [1.82, 2.24) is 5.32 Å². The minimum absolute atomic E-state index is 0. The summed E-state index contributed by atoms with van der Waals surface area (Å²) in [7, 11) is 1.72. The molecule has 0 aliphatic heterocycles. The lowest BCUT2D eigenvalue weighted by Gasteiger charge is -2.14. The van der Waals surface area contributed by atoms with Gasteiger partial charge in [-0.25, -0.2) is 0 Å². The maximum Gasteiger partial charge on any atom is 0.238 e. The van der Waals surface area contributed by atoms with Gasteiger partial charge in [0.15, 0.2) is 11.5 Å². The number of hydrogen-bond acceptors (Lipinski definition) is 4. The molecule has 0 saturated heterocycles. The molecular formula is C13H20BrClN2O3. The van der Waals surface area contributed by atoms with Gasteiger partial charge in [-0.3, -0.25) is 4.79 Å². The van der Waals surface area contributed by atoms with Gasteiger partial charge >= 0.3 is 0 Å². The van der Waals surface area contributed by atoms with E-state index in [0.717, 1.165) is 4.47 Å². The number of benzene rings is 1. The molecule has 0 atom stereocenters. The summed E-state index contributed by atoms with van der Waals surface area (Å²) >= 11 is 3.41. The first-order chi connectivity index (χ1) is 9.12. The molecule has 20 heavy (non-hydrogen) atoms. The van der Waals surface area contributed by atoms with E-state index in [4.69, 9.17) is 9.47 Å². The molecule has 0 radical (unpaired) electrons. The molecule has 0 aliphatic rings. The zero-order chi connectivity index (χ0) is 14.3. The normalized spacial score (nSPS) is 9.60. The SMILES string of the molecule is CCOc1cc(Br)c(NC(=O)CNC)cc1OCC.Cl. The Morgan fingerprint density at radius 3 is 2.25 bits per heavy atom. The molecule has 0 fully saturated rings. The third kappa shape index (κ3) is 5.56. The Bertz CT molecular complexity index is 444. The molecule has 5 nitrogen and oxygen atoms in total. The molecule has 7 heteroatoms. The van der Waals surface area contributed by atoms with Gasteiger partial charge in [0.1, 0.15) is 0 Å². The average molecular weight is 368 g/mol. The first-order valence-electron chi connectivity index (χ1n) is 6.15. The van der Waals surface area contributed by atoms with Gasteiger partial charge in [0.25, 0.3) is 0 Å². The second kappa shape index (κ2) is 9.85. The first kappa shape index (κ1) is 19.0. The van der Waals surface area contributed by atoms with Crippen LogP contribution in [0, 0.1) is 0 Å². The van der Waals surface area contributed by atoms with Gasteiger partial charge in [-0.2, -0.15) is 0 Å². The average Bonchev–Trinajstić information content (AvgIpc) is 2.35. The molecular weight excluding hydrogens is 348 g/mol. The van der Waals surface area contributed by atoms with E-state index in [2.05, 4.69) is 26.6 Å². The Morgan fingerprint density at radius 1 is 1.20 bits per heavy atom. The number of anilines is 1. The van der Waals surface area contributed by atoms with E-state index in [1.54, 1.807) is 19.2 Å². The summed E-state index contributed by atoms with van der Waals surface area (Å²) < 4.78 is 11.8. The summed E-state index contributed by atoms with van der Waals surface area (Å²) in [6.45, 7) is 5.15. The minimum Gasteiger partial charge on any atom is -0.490 e.